The van der Waals surface area contributed by atoms with Crippen molar-refractivity contribution in [1.29, 1.82) is 0 Å². The third-order valence-electron chi connectivity index (χ3n) is 6.19. The predicted molar refractivity (Wildman–Crippen MR) is 155 cm³/mol. The molecule has 208 valence electrons. The fourth-order valence-electron chi connectivity index (χ4n) is 3.92. The molecule has 0 radical (unpaired) electrons. The fourth-order valence-corrected chi connectivity index (χ4v) is 3.92. The van der Waals surface area contributed by atoms with Gasteiger partial charge >= 0.3 is 5.97 Å². The SMILES string of the molecule is C=CC(=O)OCCCCCCOc1ccc(N=Nc2ccc(OCCCCCCCCCCC)cc2)cc1. The summed E-state index contributed by atoms with van der Waals surface area (Å²) in [5.41, 5.74) is 1.57. The van der Waals surface area contributed by atoms with E-state index in [9.17, 15) is 4.79 Å². The van der Waals surface area contributed by atoms with Crippen LogP contribution in [-0.2, 0) is 9.53 Å². The highest BCUT2D eigenvalue weighted by Crippen LogP contribution is 2.23. The number of nitrogens with zero attached hydrogens (tertiary/aromatic N) is 2. The molecule has 0 aliphatic carbocycles. The summed E-state index contributed by atoms with van der Waals surface area (Å²) in [5, 5.41) is 8.64. The minimum Gasteiger partial charge on any atom is -0.494 e. The third kappa shape index (κ3) is 15.2. The van der Waals surface area contributed by atoms with Gasteiger partial charge in [0.05, 0.1) is 31.2 Å². The van der Waals surface area contributed by atoms with Crippen LogP contribution >= 0.6 is 0 Å². The molecule has 0 saturated heterocycles. The van der Waals surface area contributed by atoms with E-state index in [1.807, 2.05) is 48.5 Å². The summed E-state index contributed by atoms with van der Waals surface area (Å²) < 4.78 is 16.6. The average molecular weight is 523 g/mol. The van der Waals surface area contributed by atoms with Crippen LogP contribution in [0.25, 0.3) is 0 Å². The zero-order valence-corrected chi connectivity index (χ0v) is 23.2. The number of rotatable bonds is 22. The van der Waals surface area contributed by atoms with Gasteiger partial charge in [-0.05, 0) is 80.6 Å². The van der Waals surface area contributed by atoms with Crippen molar-refractivity contribution in [3.63, 3.8) is 0 Å². The van der Waals surface area contributed by atoms with E-state index >= 15 is 0 Å². The molecule has 0 unspecified atom stereocenters. The van der Waals surface area contributed by atoms with Gasteiger partial charge in [0.15, 0.2) is 0 Å². The summed E-state index contributed by atoms with van der Waals surface area (Å²) in [6.07, 6.45) is 16.8. The molecule has 38 heavy (non-hydrogen) atoms. The maximum Gasteiger partial charge on any atom is 0.330 e. The van der Waals surface area contributed by atoms with E-state index in [4.69, 9.17) is 14.2 Å². The van der Waals surface area contributed by atoms with Gasteiger partial charge in [0.25, 0.3) is 0 Å². The molecule has 0 aromatic heterocycles. The van der Waals surface area contributed by atoms with Crippen LogP contribution in [0.4, 0.5) is 11.4 Å². The van der Waals surface area contributed by atoms with Gasteiger partial charge in [0, 0.05) is 6.08 Å². The highest BCUT2D eigenvalue weighted by molar-refractivity contribution is 5.81. The molecule has 0 bridgehead atoms. The largest absolute Gasteiger partial charge is 0.494 e. The fraction of sp³-hybridized carbons (Fsp3) is 0.531. The number of hydrogen-bond acceptors (Lipinski definition) is 6. The van der Waals surface area contributed by atoms with Crippen molar-refractivity contribution in [3.8, 4) is 11.5 Å². The van der Waals surface area contributed by atoms with Gasteiger partial charge in [-0.3, -0.25) is 0 Å². The van der Waals surface area contributed by atoms with Crippen LogP contribution < -0.4 is 9.47 Å². The normalized spacial score (nSPS) is 11.0. The van der Waals surface area contributed by atoms with Gasteiger partial charge in [0.1, 0.15) is 11.5 Å². The Hall–Kier alpha value is -3.15. The van der Waals surface area contributed by atoms with Crippen molar-refractivity contribution in [2.45, 2.75) is 90.4 Å². The minimum absolute atomic E-state index is 0.362. The monoisotopic (exact) mass is 522 g/mol. The molecule has 2 aromatic rings. The lowest BCUT2D eigenvalue weighted by Gasteiger charge is -2.07. The summed E-state index contributed by atoms with van der Waals surface area (Å²) >= 11 is 0. The van der Waals surface area contributed by atoms with Crippen molar-refractivity contribution >= 4 is 17.3 Å². The molecule has 0 aliphatic heterocycles. The first-order valence-corrected chi connectivity index (χ1v) is 14.4. The van der Waals surface area contributed by atoms with Gasteiger partial charge in [0.2, 0.25) is 0 Å². The smallest absolute Gasteiger partial charge is 0.330 e. The maximum absolute atomic E-state index is 11.0. The topological polar surface area (TPSA) is 69.5 Å². The molecule has 6 heteroatoms. The number of carbonyl (C=O) groups excluding carboxylic acids is 1. The van der Waals surface area contributed by atoms with Crippen LogP contribution in [0.5, 0.6) is 11.5 Å². The average Bonchev–Trinajstić information content (AvgIpc) is 2.95. The van der Waals surface area contributed by atoms with E-state index < -0.39 is 0 Å². The van der Waals surface area contributed by atoms with Crippen molar-refractivity contribution in [2.24, 2.45) is 10.2 Å². The lowest BCUT2D eigenvalue weighted by molar-refractivity contribution is -0.137. The zero-order chi connectivity index (χ0) is 27.1. The van der Waals surface area contributed by atoms with Gasteiger partial charge in [-0.2, -0.15) is 10.2 Å². The first kappa shape index (κ1) is 31.1. The van der Waals surface area contributed by atoms with Gasteiger partial charge in [-0.25, -0.2) is 4.79 Å². The van der Waals surface area contributed by atoms with E-state index in [0.29, 0.717) is 13.2 Å². The van der Waals surface area contributed by atoms with Crippen LogP contribution in [0.1, 0.15) is 90.4 Å². The van der Waals surface area contributed by atoms with Gasteiger partial charge in [-0.1, -0.05) is 64.9 Å². The Kier molecular flexibility index (Phi) is 17.1. The van der Waals surface area contributed by atoms with E-state index in [1.54, 1.807) is 0 Å². The molecule has 0 atom stereocenters. The Bertz CT molecular complexity index is 910. The zero-order valence-electron chi connectivity index (χ0n) is 23.2. The number of ether oxygens (including phenoxy) is 3. The minimum atomic E-state index is -0.362. The van der Waals surface area contributed by atoms with E-state index in [-0.39, 0.29) is 5.97 Å². The molecule has 6 nitrogen and oxygen atoms in total. The number of benzene rings is 2. The van der Waals surface area contributed by atoms with Crippen molar-refractivity contribution < 1.29 is 19.0 Å². The highest BCUT2D eigenvalue weighted by atomic mass is 16.5. The van der Waals surface area contributed by atoms with Crippen LogP contribution in [0.2, 0.25) is 0 Å². The Morgan fingerprint density at radius 3 is 1.45 bits per heavy atom. The summed E-state index contributed by atoms with van der Waals surface area (Å²) in [5.74, 6) is 1.33. The van der Waals surface area contributed by atoms with E-state index in [0.717, 1.165) is 61.6 Å². The number of azo groups is 1. The molecule has 0 fully saturated rings. The highest BCUT2D eigenvalue weighted by Gasteiger charge is 1.99. The van der Waals surface area contributed by atoms with Crippen molar-refractivity contribution in [3.05, 3.63) is 61.2 Å². The molecule has 0 saturated carbocycles. The quantitative estimate of drug-likeness (QED) is 0.0668. The summed E-state index contributed by atoms with van der Waals surface area (Å²) in [4.78, 5) is 11.0. The molecular formula is C32H46N2O4. The second kappa shape index (κ2) is 20.9. The summed E-state index contributed by atoms with van der Waals surface area (Å²) in [6, 6.07) is 15.4. The Morgan fingerprint density at radius 1 is 0.632 bits per heavy atom. The lowest BCUT2D eigenvalue weighted by Crippen LogP contribution is -2.02. The molecule has 0 amide bonds. The van der Waals surface area contributed by atoms with Crippen LogP contribution in [-0.4, -0.2) is 25.8 Å². The molecule has 0 heterocycles. The number of esters is 1. The Labute approximate surface area is 229 Å². The summed E-state index contributed by atoms with van der Waals surface area (Å²) in [6.45, 7) is 7.50. The molecule has 0 N–H and O–H groups in total. The lowest BCUT2D eigenvalue weighted by atomic mass is 10.1. The number of carbonyl (C=O) groups is 1. The van der Waals surface area contributed by atoms with Crippen LogP contribution in [0, 0.1) is 0 Å². The van der Waals surface area contributed by atoms with E-state index in [1.165, 1.54) is 57.4 Å². The second-order valence-corrected chi connectivity index (χ2v) is 9.50. The molecule has 0 spiro atoms. The van der Waals surface area contributed by atoms with Crippen molar-refractivity contribution in [2.75, 3.05) is 19.8 Å². The van der Waals surface area contributed by atoms with Gasteiger partial charge in [-0.15, -0.1) is 0 Å². The molecule has 0 aliphatic rings. The van der Waals surface area contributed by atoms with Crippen molar-refractivity contribution in [1.82, 2.24) is 0 Å². The maximum atomic E-state index is 11.0. The molecular weight excluding hydrogens is 476 g/mol. The predicted octanol–water partition coefficient (Wildman–Crippen LogP) is 9.68. The van der Waals surface area contributed by atoms with Gasteiger partial charge < -0.3 is 14.2 Å². The standard InChI is InChI=1S/C32H46N2O4/c1-3-5-6-7-8-9-10-11-14-25-36-30-21-17-28(18-22-30)33-34-29-19-23-31(24-20-29)37-26-15-12-13-16-27-38-32(35)4-2/h4,17-24H,2-3,5-16,25-27H2,1H3. The molecule has 2 rings (SSSR count). The second-order valence-electron chi connectivity index (χ2n) is 9.50. The Morgan fingerprint density at radius 2 is 1.03 bits per heavy atom. The first-order chi connectivity index (χ1) is 18.7. The molecule has 2 aromatic carbocycles. The number of unbranched alkanes of at least 4 members (excludes halogenated alkanes) is 11. The third-order valence-corrected chi connectivity index (χ3v) is 6.19. The number of hydrogen-bond donors (Lipinski definition) is 0. The van der Waals surface area contributed by atoms with Crippen LogP contribution in [0.15, 0.2) is 71.4 Å². The Balaban J connectivity index is 1.55. The first-order valence-electron chi connectivity index (χ1n) is 14.4. The summed E-state index contributed by atoms with van der Waals surface area (Å²) in [7, 11) is 0. The van der Waals surface area contributed by atoms with Crippen LogP contribution in [0.3, 0.4) is 0 Å². The van der Waals surface area contributed by atoms with E-state index in [2.05, 4.69) is 23.7 Å².